The summed E-state index contributed by atoms with van der Waals surface area (Å²) in [6.45, 7) is 1.19. The van der Waals surface area contributed by atoms with Gasteiger partial charge in [0.2, 0.25) is 0 Å². The van der Waals surface area contributed by atoms with Gasteiger partial charge in [-0.1, -0.05) is 34.8 Å². The number of halogens is 3. The number of benzene rings is 2. The first-order chi connectivity index (χ1) is 14.8. The summed E-state index contributed by atoms with van der Waals surface area (Å²) in [7, 11) is -2.11. The maximum absolute atomic E-state index is 13.2. The largest absolute Gasteiger partial charge is 0.495 e. The van der Waals surface area contributed by atoms with Crippen LogP contribution in [0.1, 0.15) is 12.8 Å². The molecule has 0 atom stereocenters. The molecule has 0 saturated carbocycles. The second kappa shape index (κ2) is 9.16. The zero-order chi connectivity index (χ0) is 22.2. The Morgan fingerprint density at radius 3 is 2.35 bits per heavy atom. The highest BCUT2D eigenvalue weighted by Gasteiger charge is 2.34. The first-order valence-electron chi connectivity index (χ1n) is 9.52. The van der Waals surface area contributed by atoms with Crippen molar-refractivity contribution in [3.63, 3.8) is 0 Å². The van der Waals surface area contributed by atoms with Crippen LogP contribution in [0.15, 0.2) is 46.7 Å². The van der Waals surface area contributed by atoms with Gasteiger partial charge in [-0.05, 0) is 49.2 Å². The predicted octanol–water partition coefficient (Wildman–Crippen LogP) is 6.22. The number of methoxy groups -OCH3 is 1. The number of anilines is 1. The lowest BCUT2D eigenvalue weighted by molar-refractivity contribution is 0.402. The Balaban J connectivity index is 1.49. The maximum atomic E-state index is 13.2. The molecule has 1 aliphatic heterocycles. The van der Waals surface area contributed by atoms with E-state index in [1.165, 1.54) is 24.5 Å². The number of aromatic nitrogens is 1. The molecule has 1 aromatic heterocycles. The zero-order valence-electron chi connectivity index (χ0n) is 16.5. The van der Waals surface area contributed by atoms with E-state index in [9.17, 15) is 8.42 Å². The Bertz CT molecular complexity index is 1190. The van der Waals surface area contributed by atoms with E-state index in [2.05, 4.69) is 4.90 Å². The van der Waals surface area contributed by atoms with Gasteiger partial charge < -0.3 is 9.64 Å². The Hall–Kier alpha value is -1.51. The fraction of sp³-hybridized carbons (Fsp3) is 0.286. The number of sulfone groups is 1. The summed E-state index contributed by atoms with van der Waals surface area (Å²) in [5.74, 6) is 0.316. The van der Waals surface area contributed by atoms with Gasteiger partial charge in [0.15, 0.2) is 15.0 Å². The van der Waals surface area contributed by atoms with Gasteiger partial charge in [0.25, 0.3) is 0 Å². The molecule has 3 aromatic rings. The van der Waals surface area contributed by atoms with Crippen LogP contribution in [0, 0.1) is 0 Å². The van der Waals surface area contributed by atoms with Crippen molar-refractivity contribution in [3.05, 3.63) is 56.8 Å². The quantitative estimate of drug-likeness (QED) is 0.402. The van der Waals surface area contributed by atoms with E-state index in [0.29, 0.717) is 46.7 Å². The van der Waals surface area contributed by atoms with Crippen LogP contribution in [0.5, 0.6) is 5.75 Å². The molecule has 0 amide bonds. The molecular weight excluding hydrogens is 499 g/mol. The van der Waals surface area contributed by atoms with Gasteiger partial charge in [-0.3, -0.25) is 0 Å². The minimum absolute atomic E-state index is 0.148. The number of hydrogen-bond acceptors (Lipinski definition) is 6. The molecule has 10 heteroatoms. The van der Waals surface area contributed by atoms with Crippen molar-refractivity contribution >= 4 is 61.1 Å². The predicted molar refractivity (Wildman–Crippen MR) is 128 cm³/mol. The molecular formula is C21H19Cl3N2O3S2. The fourth-order valence-electron chi connectivity index (χ4n) is 3.65. The molecule has 4 rings (SSSR count). The SMILES string of the molecule is COc1ccc(Cl)cc1S(=O)(=O)C1CCN(c2nc(-c3cc(Cl)cc(Cl)c3)cs2)CC1. The molecule has 0 N–H and O–H groups in total. The van der Waals surface area contributed by atoms with E-state index in [1.807, 2.05) is 17.5 Å². The third-order valence-corrected chi connectivity index (χ3v) is 9.09. The molecule has 0 bridgehead atoms. The van der Waals surface area contributed by atoms with Gasteiger partial charge in [-0.25, -0.2) is 13.4 Å². The summed E-state index contributed by atoms with van der Waals surface area (Å²) in [5.41, 5.74) is 1.65. The number of piperidine rings is 1. The summed E-state index contributed by atoms with van der Waals surface area (Å²) < 4.78 is 31.7. The molecule has 1 aliphatic rings. The van der Waals surface area contributed by atoms with Crippen molar-refractivity contribution in [3.8, 4) is 17.0 Å². The molecule has 0 unspecified atom stereocenters. The summed E-state index contributed by atoms with van der Waals surface area (Å²) in [5, 5.41) is 3.79. The van der Waals surface area contributed by atoms with E-state index in [-0.39, 0.29) is 4.90 Å². The number of nitrogens with zero attached hydrogens (tertiary/aromatic N) is 2. The highest BCUT2D eigenvalue weighted by molar-refractivity contribution is 7.92. The summed E-state index contributed by atoms with van der Waals surface area (Å²) in [4.78, 5) is 6.97. The third kappa shape index (κ3) is 4.81. The molecule has 31 heavy (non-hydrogen) atoms. The van der Waals surface area contributed by atoms with Crippen LogP contribution < -0.4 is 9.64 Å². The van der Waals surface area contributed by atoms with Crippen molar-refractivity contribution in [2.45, 2.75) is 23.0 Å². The molecule has 164 valence electrons. The topological polar surface area (TPSA) is 59.5 Å². The van der Waals surface area contributed by atoms with Crippen molar-refractivity contribution in [1.29, 1.82) is 0 Å². The number of hydrogen-bond donors (Lipinski definition) is 0. The normalized spacial score (nSPS) is 15.3. The molecule has 0 spiro atoms. The van der Waals surface area contributed by atoms with Gasteiger partial charge in [-0.15, -0.1) is 11.3 Å². The van der Waals surface area contributed by atoms with Crippen LogP contribution in [0.25, 0.3) is 11.3 Å². The van der Waals surface area contributed by atoms with Crippen molar-refractivity contribution in [2.24, 2.45) is 0 Å². The van der Waals surface area contributed by atoms with Gasteiger partial charge in [0, 0.05) is 39.1 Å². The molecule has 1 saturated heterocycles. The number of ether oxygens (including phenoxy) is 1. The molecule has 2 heterocycles. The Kier molecular flexibility index (Phi) is 6.70. The third-order valence-electron chi connectivity index (χ3n) is 5.23. The van der Waals surface area contributed by atoms with Crippen LogP contribution in [0.3, 0.4) is 0 Å². The highest BCUT2D eigenvalue weighted by atomic mass is 35.5. The second-order valence-corrected chi connectivity index (χ2v) is 11.5. The van der Waals surface area contributed by atoms with Crippen molar-refractivity contribution in [2.75, 3.05) is 25.1 Å². The Morgan fingerprint density at radius 2 is 1.71 bits per heavy atom. The van der Waals surface area contributed by atoms with Crippen LogP contribution >= 0.6 is 46.1 Å². The molecule has 0 aliphatic carbocycles. The van der Waals surface area contributed by atoms with Crippen molar-refractivity contribution in [1.82, 2.24) is 4.98 Å². The van der Waals surface area contributed by atoms with Crippen LogP contribution in [-0.4, -0.2) is 38.9 Å². The standard InChI is InChI=1S/C21H19Cl3N2O3S2/c1-29-19-3-2-14(22)11-20(19)31(27,28)17-4-6-26(7-5-17)21-25-18(12-30-21)13-8-15(23)10-16(24)9-13/h2-3,8-12,17H,4-7H2,1H3. The lowest BCUT2D eigenvalue weighted by atomic mass is 10.1. The minimum atomic E-state index is -3.56. The fourth-order valence-corrected chi connectivity index (χ4v) is 7.22. The molecule has 5 nitrogen and oxygen atoms in total. The van der Waals surface area contributed by atoms with E-state index in [0.717, 1.165) is 16.4 Å². The van der Waals surface area contributed by atoms with Crippen molar-refractivity contribution < 1.29 is 13.2 Å². The van der Waals surface area contributed by atoms with E-state index in [4.69, 9.17) is 44.5 Å². The first-order valence-corrected chi connectivity index (χ1v) is 13.1. The summed E-state index contributed by atoms with van der Waals surface area (Å²) in [6.07, 6.45) is 0.992. The summed E-state index contributed by atoms with van der Waals surface area (Å²) >= 11 is 19.8. The smallest absolute Gasteiger partial charge is 0.185 e. The number of rotatable bonds is 5. The number of thiazole rings is 1. The van der Waals surface area contributed by atoms with Gasteiger partial charge in [-0.2, -0.15) is 0 Å². The monoisotopic (exact) mass is 516 g/mol. The lowest BCUT2D eigenvalue weighted by Crippen LogP contribution is -2.39. The highest BCUT2D eigenvalue weighted by Crippen LogP contribution is 2.36. The van der Waals surface area contributed by atoms with E-state index < -0.39 is 15.1 Å². The molecule has 0 radical (unpaired) electrons. The van der Waals surface area contributed by atoms with E-state index in [1.54, 1.807) is 18.2 Å². The lowest BCUT2D eigenvalue weighted by Gasteiger charge is -2.31. The van der Waals surface area contributed by atoms with Gasteiger partial charge in [0.1, 0.15) is 10.6 Å². The van der Waals surface area contributed by atoms with Crippen LogP contribution in [-0.2, 0) is 9.84 Å². The van der Waals surface area contributed by atoms with Crippen LogP contribution in [0.2, 0.25) is 15.1 Å². The zero-order valence-corrected chi connectivity index (χ0v) is 20.4. The Morgan fingerprint density at radius 1 is 1.03 bits per heavy atom. The second-order valence-electron chi connectivity index (χ2n) is 7.20. The average Bonchev–Trinajstić information content (AvgIpc) is 3.23. The maximum Gasteiger partial charge on any atom is 0.185 e. The van der Waals surface area contributed by atoms with E-state index >= 15 is 0 Å². The van der Waals surface area contributed by atoms with Gasteiger partial charge >= 0.3 is 0 Å². The first kappa shape index (κ1) is 22.7. The molecule has 1 fully saturated rings. The Labute approximate surface area is 200 Å². The summed E-state index contributed by atoms with van der Waals surface area (Å²) in [6, 6.07) is 10.00. The average molecular weight is 518 g/mol. The minimum Gasteiger partial charge on any atom is -0.495 e. The molecule has 2 aromatic carbocycles. The van der Waals surface area contributed by atoms with Gasteiger partial charge in [0.05, 0.1) is 18.1 Å². The van der Waals surface area contributed by atoms with Crippen LogP contribution in [0.4, 0.5) is 5.13 Å².